The first-order chi connectivity index (χ1) is 10.2. The summed E-state index contributed by atoms with van der Waals surface area (Å²) < 4.78 is 0. The van der Waals surface area contributed by atoms with Crippen LogP contribution in [0.1, 0.15) is 24.1 Å². The first kappa shape index (κ1) is 14.5. The van der Waals surface area contributed by atoms with Gasteiger partial charge in [0.05, 0.1) is 5.02 Å². The normalized spacial score (nSPS) is 23.1. The van der Waals surface area contributed by atoms with Crippen molar-refractivity contribution >= 4 is 11.6 Å². The summed E-state index contributed by atoms with van der Waals surface area (Å²) in [6, 6.07) is 13.5. The van der Waals surface area contributed by atoms with Crippen LogP contribution < -0.4 is 5.32 Å². The monoisotopic (exact) mass is 301 g/mol. The van der Waals surface area contributed by atoms with Crippen molar-refractivity contribution in [2.24, 2.45) is 0 Å². The zero-order chi connectivity index (χ0) is 14.7. The van der Waals surface area contributed by atoms with Crippen molar-refractivity contribution in [3.63, 3.8) is 0 Å². The fraction of sp³-hybridized carbons (Fsp3) is 0.353. The molecule has 1 aliphatic heterocycles. The highest BCUT2D eigenvalue weighted by atomic mass is 35.5. The molecule has 1 aliphatic rings. The van der Waals surface area contributed by atoms with E-state index in [1.165, 1.54) is 5.56 Å². The molecule has 1 saturated heterocycles. The third-order valence-corrected chi connectivity index (χ3v) is 4.36. The minimum Gasteiger partial charge on any atom is -0.311 e. The summed E-state index contributed by atoms with van der Waals surface area (Å²) in [6.45, 7) is 5.06. The van der Waals surface area contributed by atoms with Gasteiger partial charge < -0.3 is 5.32 Å². The number of nitrogens with one attached hydrogen (secondary N) is 1. The molecule has 21 heavy (non-hydrogen) atoms. The summed E-state index contributed by atoms with van der Waals surface area (Å²) in [7, 11) is 0. The number of piperazine rings is 1. The van der Waals surface area contributed by atoms with Crippen molar-refractivity contribution in [2.75, 3.05) is 13.1 Å². The molecule has 0 radical (unpaired) electrons. The van der Waals surface area contributed by atoms with Gasteiger partial charge in [-0.2, -0.15) is 0 Å². The van der Waals surface area contributed by atoms with Gasteiger partial charge in [0, 0.05) is 44.1 Å². The fourth-order valence-corrected chi connectivity index (χ4v) is 3.09. The number of halogens is 1. The lowest BCUT2D eigenvalue weighted by Crippen LogP contribution is -2.50. The van der Waals surface area contributed by atoms with E-state index in [1.54, 1.807) is 6.20 Å². The Balaban J connectivity index is 1.84. The van der Waals surface area contributed by atoms with E-state index < -0.39 is 0 Å². The Morgan fingerprint density at radius 3 is 2.86 bits per heavy atom. The molecule has 3 rings (SSSR count). The van der Waals surface area contributed by atoms with E-state index in [9.17, 15) is 0 Å². The standard InChI is InChI=1S/C17H20ClN3/c1-13-11-21(12-15-7-8-19-9-16(15)18)17(10-20-13)14-5-3-2-4-6-14/h2-9,13,17,20H,10-12H2,1H3. The molecule has 0 saturated carbocycles. The van der Waals surface area contributed by atoms with Gasteiger partial charge in [-0.3, -0.25) is 9.88 Å². The summed E-state index contributed by atoms with van der Waals surface area (Å²) in [4.78, 5) is 6.57. The van der Waals surface area contributed by atoms with Gasteiger partial charge in [-0.05, 0) is 24.1 Å². The maximum absolute atomic E-state index is 6.27. The summed E-state index contributed by atoms with van der Waals surface area (Å²) in [5.41, 5.74) is 2.49. The highest BCUT2D eigenvalue weighted by molar-refractivity contribution is 6.31. The van der Waals surface area contributed by atoms with Crippen molar-refractivity contribution in [2.45, 2.75) is 25.6 Å². The highest BCUT2D eigenvalue weighted by Gasteiger charge is 2.27. The fourth-order valence-electron chi connectivity index (χ4n) is 2.92. The zero-order valence-electron chi connectivity index (χ0n) is 12.2. The molecule has 3 nitrogen and oxygen atoms in total. The second kappa shape index (κ2) is 6.56. The van der Waals surface area contributed by atoms with Gasteiger partial charge in [0.15, 0.2) is 0 Å². The molecule has 0 bridgehead atoms. The molecule has 2 unspecified atom stereocenters. The van der Waals surface area contributed by atoms with E-state index in [2.05, 4.69) is 52.5 Å². The van der Waals surface area contributed by atoms with Gasteiger partial charge in [-0.1, -0.05) is 41.9 Å². The Morgan fingerprint density at radius 2 is 2.10 bits per heavy atom. The molecule has 0 spiro atoms. The van der Waals surface area contributed by atoms with E-state index >= 15 is 0 Å². The van der Waals surface area contributed by atoms with Gasteiger partial charge in [0.25, 0.3) is 0 Å². The highest BCUT2D eigenvalue weighted by Crippen LogP contribution is 2.27. The van der Waals surface area contributed by atoms with E-state index in [4.69, 9.17) is 11.6 Å². The second-order valence-electron chi connectivity index (χ2n) is 5.63. The third-order valence-electron chi connectivity index (χ3n) is 4.02. The first-order valence-electron chi connectivity index (χ1n) is 7.35. The lowest BCUT2D eigenvalue weighted by Gasteiger charge is -2.39. The molecule has 2 aromatic rings. The smallest absolute Gasteiger partial charge is 0.0634 e. The largest absolute Gasteiger partial charge is 0.311 e. The Kier molecular flexibility index (Phi) is 4.54. The van der Waals surface area contributed by atoms with Crippen LogP contribution in [-0.4, -0.2) is 29.0 Å². The number of hydrogen-bond acceptors (Lipinski definition) is 3. The molecule has 1 fully saturated rings. The van der Waals surface area contributed by atoms with Crippen LogP contribution >= 0.6 is 11.6 Å². The van der Waals surface area contributed by atoms with Gasteiger partial charge in [-0.15, -0.1) is 0 Å². The minimum atomic E-state index is 0.381. The van der Waals surface area contributed by atoms with Crippen LogP contribution in [0.15, 0.2) is 48.8 Å². The summed E-state index contributed by atoms with van der Waals surface area (Å²) in [6.07, 6.45) is 3.53. The lowest BCUT2D eigenvalue weighted by molar-refractivity contribution is 0.127. The van der Waals surface area contributed by atoms with Crippen LogP contribution in [0.5, 0.6) is 0 Å². The summed E-state index contributed by atoms with van der Waals surface area (Å²) in [5, 5.41) is 4.32. The molecule has 0 amide bonds. The molecule has 2 heterocycles. The van der Waals surface area contributed by atoms with Crippen LogP contribution in [0.25, 0.3) is 0 Å². The Bertz CT molecular complexity index is 588. The van der Waals surface area contributed by atoms with Crippen LogP contribution in [0.2, 0.25) is 5.02 Å². The molecule has 0 aliphatic carbocycles. The van der Waals surface area contributed by atoms with Crippen molar-refractivity contribution < 1.29 is 0 Å². The average Bonchev–Trinajstić information content (AvgIpc) is 2.51. The minimum absolute atomic E-state index is 0.381. The van der Waals surface area contributed by atoms with Crippen molar-refractivity contribution in [3.05, 3.63) is 64.9 Å². The number of aromatic nitrogens is 1. The van der Waals surface area contributed by atoms with Crippen molar-refractivity contribution in [1.82, 2.24) is 15.2 Å². The maximum Gasteiger partial charge on any atom is 0.0634 e. The Morgan fingerprint density at radius 1 is 1.29 bits per heavy atom. The van der Waals surface area contributed by atoms with Crippen LogP contribution in [-0.2, 0) is 6.54 Å². The quantitative estimate of drug-likeness (QED) is 0.943. The molecule has 2 atom stereocenters. The van der Waals surface area contributed by atoms with Crippen LogP contribution in [0, 0.1) is 0 Å². The second-order valence-corrected chi connectivity index (χ2v) is 6.04. The summed E-state index contributed by atoms with van der Waals surface area (Å²) >= 11 is 6.27. The molecular formula is C17H20ClN3. The predicted octanol–water partition coefficient (Wildman–Crippen LogP) is 3.27. The molecule has 1 N–H and O–H groups in total. The topological polar surface area (TPSA) is 28.2 Å². The van der Waals surface area contributed by atoms with Crippen LogP contribution in [0.3, 0.4) is 0 Å². The van der Waals surface area contributed by atoms with Crippen molar-refractivity contribution in [3.8, 4) is 0 Å². The third kappa shape index (κ3) is 3.43. The number of pyridine rings is 1. The number of nitrogens with zero attached hydrogens (tertiary/aromatic N) is 2. The average molecular weight is 302 g/mol. The van der Waals surface area contributed by atoms with Crippen LogP contribution in [0.4, 0.5) is 0 Å². The van der Waals surface area contributed by atoms with Gasteiger partial charge in [0.2, 0.25) is 0 Å². The number of hydrogen-bond donors (Lipinski definition) is 1. The SMILES string of the molecule is CC1CN(Cc2ccncc2Cl)C(c2ccccc2)CN1. The molecule has 1 aromatic carbocycles. The molecule has 1 aromatic heterocycles. The van der Waals surface area contributed by atoms with Gasteiger partial charge in [-0.25, -0.2) is 0 Å². The first-order valence-corrected chi connectivity index (χ1v) is 7.72. The maximum atomic E-state index is 6.27. The van der Waals surface area contributed by atoms with E-state index in [-0.39, 0.29) is 0 Å². The number of rotatable bonds is 3. The van der Waals surface area contributed by atoms with Gasteiger partial charge in [0.1, 0.15) is 0 Å². The predicted molar refractivity (Wildman–Crippen MR) is 86.3 cm³/mol. The van der Waals surface area contributed by atoms with E-state index in [0.29, 0.717) is 12.1 Å². The molecule has 110 valence electrons. The Labute approximate surface area is 131 Å². The molecule has 4 heteroatoms. The van der Waals surface area contributed by atoms with Crippen molar-refractivity contribution in [1.29, 1.82) is 0 Å². The number of benzene rings is 1. The summed E-state index contributed by atoms with van der Waals surface area (Å²) in [5.74, 6) is 0. The lowest BCUT2D eigenvalue weighted by atomic mass is 10.0. The van der Waals surface area contributed by atoms with E-state index in [1.807, 2.05) is 12.3 Å². The van der Waals surface area contributed by atoms with Gasteiger partial charge >= 0.3 is 0 Å². The Hall–Kier alpha value is -1.42. The zero-order valence-corrected chi connectivity index (χ0v) is 12.9. The van der Waals surface area contributed by atoms with E-state index in [0.717, 1.165) is 30.2 Å². The molecular weight excluding hydrogens is 282 g/mol.